The minimum Gasteiger partial charge on any atom is -0.350 e. The molecule has 2 atom stereocenters. The van der Waals surface area contributed by atoms with Gasteiger partial charge in [-0.15, -0.1) is 0 Å². The molecule has 1 fully saturated rings. The van der Waals surface area contributed by atoms with E-state index in [-0.39, 0.29) is 23.8 Å². The largest absolute Gasteiger partial charge is 0.350 e. The van der Waals surface area contributed by atoms with Gasteiger partial charge in [-0.25, -0.2) is 0 Å². The van der Waals surface area contributed by atoms with E-state index in [1.807, 2.05) is 48.5 Å². The van der Waals surface area contributed by atoms with Crippen molar-refractivity contribution in [2.45, 2.75) is 45.3 Å². The lowest BCUT2D eigenvalue weighted by Gasteiger charge is -2.23. The normalized spacial score (nSPS) is 17.2. The van der Waals surface area contributed by atoms with Gasteiger partial charge in [0, 0.05) is 31.2 Å². The molecule has 5 nitrogen and oxygen atoms in total. The molecule has 3 aromatic carbocycles. The monoisotopic (exact) mass is 443 g/mol. The van der Waals surface area contributed by atoms with E-state index in [4.69, 9.17) is 0 Å². The summed E-state index contributed by atoms with van der Waals surface area (Å²) in [5, 5.41) is 8.28. The molecule has 0 bridgehead atoms. The molecule has 5 heteroatoms. The highest BCUT2D eigenvalue weighted by atomic mass is 16.2. The zero-order valence-corrected chi connectivity index (χ0v) is 19.5. The quantitative estimate of drug-likeness (QED) is 0.543. The highest BCUT2D eigenvalue weighted by Gasteiger charge is 2.28. The Hall–Kier alpha value is -3.18. The maximum absolute atomic E-state index is 13.1. The SMILES string of the molecule is CC(C)C[C@H](NC(=O)c1ccc2ccccc2c1)C(=O)N[C@H]1CCN(Cc2ccccc2)C1. The lowest BCUT2D eigenvalue weighted by Crippen LogP contribution is -2.50. The van der Waals surface area contributed by atoms with Crippen LogP contribution in [0.15, 0.2) is 72.8 Å². The molecule has 33 heavy (non-hydrogen) atoms. The van der Waals surface area contributed by atoms with Crippen molar-refractivity contribution in [1.82, 2.24) is 15.5 Å². The van der Waals surface area contributed by atoms with E-state index in [2.05, 4.69) is 53.6 Å². The van der Waals surface area contributed by atoms with Gasteiger partial charge in [0.2, 0.25) is 5.91 Å². The molecule has 0 unspecified atom stereocenters. The second-order valence-electron chi connectivity index (χ2n) is 9.43. The molecule has 2 amide bonds. The van der Waals surface area contributed by atoms with E-state index >= 15 is 0 Å². The van der Waals surface area contributed by atoms with Crippen molar-refractivity contribution in [2.24, 2.45) is 5.92 Å². The molecule has 4 rings (SSSR count). The van der Waals surface area contributed by atoms with Crippen LogP contribution in [0.3, 0.4) is 0 Å². The maximum Gasteiger partial charge on any atom is 0.251 e. The topological polar surface area (TPSA) is 61.4 Å². The van der Waals surface area contributed by atoms with Crippen molar-refractivity contribution >= 4 is 22.6 Å². The van der Waals surface area contributed by atoms with Gasteiger partial charge < -0.3 is 10.6 Å². The zero-order valence-electron chi connectivity index (χ0n) is 19.5. The first kappa shape index (κ1) is 23.0. The Morgan fingerprint density at radius 1 is 0.970 bits per heavy atom. The number of likely N-dealkylation sites (tertiary alicyclic amines) is 1. The van der Waals surface area contributed by atoms with Crippen molar-refractivity contribution in [3.63, 3.8) is 0 Å². The molecule has 0 spiro atoms. The van der Waals surface area contributed by atoms with Gasteiger partial charge in [0.25, 0.3) is 5.91 Å². The second-order valence-corrected chi connectivity index (χ2v) is 9.43. The van der Waals surface area contributed by atoms with Gasteiger partial charge in [0.15, 0.2) is 0 Å². The molecule has 172 valence electrons. The van der Waals surface area contributed by atoms with Gasteiger partial charge in [-0.3, -0.25) is 14.5 Å². The van der Waals surface area contributed by atoms with E-state index in [1.54, 1.807) is 0 Å². The van der Waals surface area contributed by atoms with E-state index in [0.717, 1.165) is 36.8 Å². The van der Waals surface area contributed by atoms with Crippen LogP contribution in [0.1, 0.15) is 42.6 Å². The van der Waals surface area contributed by atoms with Crippen LogP contribution in [-0.2, 0) is 11.3 Å². The molecule has 0 aromatic heterocycles. The van der Waals surface area contributed by atoms with E-state index in [9.17, 15) is 9.59 Å². The Morgan fingerprint density at radius 2 is 1.70 bits per heavy atom. The minimum atomic E-state index is -0.549. The van der Waals surface area contributed by atoms with Crippen LogP contribution in [0.2, 0.25) is 0 Å². The van der Waals surface area contributed by atoms with Crippen LogP contribution in [0.25, 0.3) is 10.8 Å². The maximum atomic E-state index is 13.1. The van der Waals surface area contributed by atoms with Crippen molar-refractivity contribution in [2.75, 3.05) is 13.1 Å². The third kappa shape index (κ3) is 6.20. The number of nitrogens with zero attached hydrogens (tertiary/aromatic N) is 1. The number of carbonyl (C=O) groups excluding carboxylic acids is 2. The van der Waals surface area contributed by atoms with E-state index < -0.39 is 6.04 Å². The highest BCUT2D eigenvalue weighted by Crippen LogP contribution is 2.17. The van der Waals surface area contributed by atoms with Crippen LogP contribution in [-0.4, -0.2) is 41.9 Å². The summed E-state index contributed by atoms with van der Waals surface area (Å²) in [6.45, 7) is 6.81. The van der Waals surface area contributed by atoms with E-state index in [1.165, 1.54) is 5.56 Å². The number of nitrogens with one attached hydrogen (secondary N) is 2. The lowest BCUT2D eigenvalue weighted by molar-refractivity contribution is -0.124. The highest BCUT2D eigenvalue weighted by molar-refractivity contribution is 6.00. The van der Waals surface area contributed by atoms with Crippen LogP contribution in [0.5, 0.6) is 0 Å². The van der Waals surface area contributed by atoms with Gasteiger partial charge in [-0.2, -0.15) is 0 Å². The molecule has 0 saturated carbocycles. The zero-order chi connectivity index (χ0) is 23.2. The predicted molar refractivity (Wildman–Crippen MR) is 133 cm³/mol. The molecule has 2 N–H and O–H groups in total. The first-order chi connectivity index (χ1) is 16.0. The van der Waals surface area contributed by atoms with Crippen LogP contribution >= 0.6 is 0 Å². The summed E-state index contributed by atoms with van der Waals surface area (Å²) in [5.74, 6) is -0.0149. The number of hydrogen-bond donors (Lipinski definition) is 2. The van der Waals surface area contributed by atoms with E-state index in [0.29, 0.717) is 12.0 Å². The molecule has 0 aliphatic carbocycles. The number of hydrogen-bond acceptors (Lipinski definition) is 3. The van der Waals surface area contributed by atoms with Crippen LogP contribution in [0.4, 0.5) is 0 Å². The summed E-state index contributed by atoms with van der Waals surface area (Å²) in [6.07, 6.45) is 1.52. The van der Waals surface area contributed by atoms with Gasteiger partial charge in [-0.05, 0) is 47.2 Å². The van der Waals surface area contributed by atoms with Gasteiger partial charge in [0.1, 0.15) is 6.04 Å². The number of fused-ring (bicyclic) bond motifs is 1. The molecule has 1 saturated heterocycles. The van der Waals surface area contributed by atoms with Crippen LogP contribution < -0.4 is 10.6 Å². The van der Waals surface area contributed by atoms with Crippen molar-refractivity contribution in [1.29, 1.82) is 0 Å². The third-order valence-corrected chi connectivity index (χ3v) is 6.21. The molecule has 0 radical (unpaired) electrons. The first-order valence-electron chi connectivity index (χ1n) is 11.8. The molecule has 1 heterocycles. The summed E-state index contributed by atoms with van der Waals surface area (Å²) >= 11 is 0. The average Bonchev–Trinajstić information content (AvgIpc) is 3.25. The van der Waals surface area contributed by atoms with Gasteiger partial charge in [-0.1, -0.05) is 74.5 Å². The molecular weight excluding hydrogens is 410 g/mol. The second kappa shape index (κ2) is 10.6. The molecule has 3 aromatic rings. The molecule has 1 aliphatic heterocycles. The number of carbonyl (C=O) groups is 2. The standard InChI is InChI=1S/C28H33N3O2/c1-20(2)16-26(30-27(32)24-13-12-22-10-6-7-11-23(22)17-24)28(33)29-25-14-15-31(19-25)18-21-8-4-3-5-9-21/h3-13,17,20,25-26H,14-16,18-19H2,1-2H3,(H,29,33)(H,30,32)/t25-,26-/m0/s1. The fourth-order valence-corrected chi connectivity index (χ4v) is 4.51. The Kier molecular flexibility index (Phi) is 7.40. The number of amides is 2. The van der Waals surface area contributed by atoms with Crippen molar-refractivity contribution < 1.29 is 9.59 Å². The summed E-state index contributed by atoms with van der Waals surface area (Å²) in [5.41, 5.74) is 1.86. The predicted octanol–water partition coefficient (Wildman–Crippen LogP) is 4.38. The summed E-state index contributed by atoms with van der Waals surface area (Å²) in [4.78, 5) is 28.5. The summed E-state index contributed by atoms with van der Waals surface area (Å²) in [7, 11) is 0. The Balaban J connectivity index is 1.37. The Morgan fingerprint density at radius 3 is 2.45 bits per heavy atom. The molecular formula is C28H33N3O2. The fraction of sp³-hybridized carbons (Fsp3) is 0.357. The van der Waals surface area contributed by atoms with Crippen LogP contribution in [0, 0.1) is 5.92 Å². The first-order valence-corrected chi connectivity index (χ1v) is 11.8. The molecule has 1 aliphatic rings. The Labute approximate surface area is 196 Å². The Bertz CT molecular complexity index is 1100. The fourth-order valence-electron chi connectivity index (χ4n) is 4.51. The number of benzene rings is 3. The van der Waals surface area contributed by atoms with Crippen molar-refractivity contribution in [3.8, 4) is 0 Å². The average molecular weight is 444 g/mol. The lowest BCUT2D eigenvalue weighted by atomic mass is 10.0. The minimum absolute atomic E-state index is 0.0931. The third-order valence-electron chi connectivity index (χ3n) is 6.21. The van der Waals surface area contributed by atoms with Crippen molar-refractivity contribution in [3.05, 3.63) is 83.9 Å². The van der Waals surface area contributed by atoms with Gasteiger partial charge >= 0.3 is 0 Å². The number of rotatable bonds is 8. The van der Waals surface area contributed by atoms with Gasteiger partial charge in [0.05, 0.1) is 0 Å². The smallest absolute Gasteiger partial charge is 0.251 e. The summed E-state index contributed by atoms with van der Waals surface area (Å²) < 4.78 is 0. The summed E-state index contributed by atoms with van der Waals surface area (Å²) in [6, 6.07) is 23.6.